The molecule has 4 nitrogen and oxygen atoms in total. The molecule has 0 spiro atoms. The Morgan fingerprint density at radius 2 is 0.652 bits per heavy atom. The van der Waals surface area contributed by atoms with Gasteiger partial charge in [-0.3, -0.25) is 0 Å². The van der Waals surface area contributed by atoms with Crippen LogP contribution in [0.15, 0.2) is 0 Å². The molecule has 3 aliphatic carbocycles. The van der Waals surface area contributed by atoms with Crippen molar-refractivity contribution in [3.8, 4) is 0 Å². The highest BCUT2D eigenvalue weighted by molar-refractivity contribution is 6.06. The van der Waals surface area contributed by atoms with Gasteiger partial charge in [-0.15, -0.1) is 0 Å². The molecule has 0 fully saturated rings. The number of methoxy groups -OCH3 is 2. The number of ether oxygens (including phenoxy) is 2. The fraction of sp³-hybridized carbons (Fsp3) is 0.524. The van der Waals surface area contributed by atoms with Crippen LogP contribution in [0.1, 0.15) is 164 Å². The molecule has 244 valence electrons. The maximum Gasteiger partial charge on any atom is 0.339 e. The molecule has 46 heavy (non-hydrogen) atoms. The van der Waals surface area contributed by atoms with Crippen molar-refractivity contribution in [2.75, 3.05) is 14.2 Å². The van der Waals surface area contributed by atoms with E-state index in [4.69, 9.17) is 9.47 Å². The van der Waals surface area contributed by atoms with Crippen LogP contribution in [0.2, 0.25) is 0 Å². The highest BCUT2D eigenvalue weighted by Gasteiger charge is 2.36. The van der Waals surface area contributed by atoms with Crippen LogP contribution in [0.4, 0.5) is 0 Å². The zero-order valence-corrected chi connectivity index (χ0v) is 29.5. The van der Waals surface area contributed by atoms with Gasteiger partial charge in [0.25, 0.3) is 0 Å². The molecule has 0 atom stereocenters. The lowest BCUT2D eigenvalue weighted by Gasteiger charge is -2.37. The zero-order chi connectivity index (χ0) is 32.9. The predicted molar refractivity (Wildman–Crippen MR) is 186 cm³/mol. The van der Waals surface area contributed by atoms with Gasteiger partial charge in [0.1, 0.15) is 0 Å². The predicted octanol–water partition coefficient (Wildman–Crippen LogP) is 8.50. The van der Waals surface area contributed by atoms with Crippen LogP contribution in [0.5, 0.6) is 0 Å². The average molecular weight is 621 g/mol. The Balaban J connectivity index is 1.62. The number of hydrogen-bond donors (Lipinski definition) is 0. The summed E-state index contributed by atoms with van der Waals surface area (Å²) in [5.41, 5.74) is 24.2. The molecule has 0 bridgehead atoms. The molecule has 0 aromatic heterocycles. The molecule has 0 unspecified atom stereocenters. The maximum atomic E-state index is 13.4. The number of hydrogen-bond acceptors (Lipinski definition) is 4. The minimum absolute atomic E-state index is 0.404. The lowest BCUT2D eigenvalue weighted by molar-refractivity contribution is 0.0553. The number of carbonyl (C=O) groups is 2. The molecule has 0 saturated carbocycles. The molecular weight excluding hydrogens is 568 g/mol. The molecule has 0 amide bonds. The van der Waals surface area contributed by atoms with E-state index in [2.05, 4.69) is 41.5 Å². The summed E-state index contributed by atoms with van der Waals surface area (Å²) in [7, 11) is 2.81. The van der Waals surface area contributed by atoms with Crippen molar-refractivity contribution in [3.63, 3.8) is 0 Å². The third-order valence-corrected chi connectivity index (χ3v) is 11.7. The summed E-state index contributed by atoms with van der Waals surface area (Å²) in [4.78, 5) is 26.7. The Bertz CT molecular complexity index is 1630. The Kier molecular flexibility index (Phi) is 9.20. The zero-order valence-electron chi connectivity index (χ0n) is 29.5. The van der Waals surface area contributed by atoms with Crippen LogP contribution in [0.25, 0.3) is 0 Å². The Morgan fingerprint density at radius 3 is 0.891 bits per heavy atom. The van der Waals surface area contributed by atoms with Gasteiger partial charge in [0, 0.05) is 0 Å². The quantitative estimate of drug-likeness (QED) is 0.163. The third-order valence-electron chi connectivity index (χ3n) is 11.7. The van der Waals surface area contributed by atoms with Crippen LogP contribution < -0.4 is 0 Å². The van der Waals surface area contributed by atoms with Crippen molar-refractivity contribution in [1.29, 1.82) is 0 Å². The van der Waals surface area contributed by atoms with Crippen molar-refractivity contribution in [3.05, 3.63) is 100 Å². The smallest absolute Gasteiger partial charge is 0.339 e. The van der Waals surface area contributed by atoms with Crippen LogP contribution in [-0.2, 0) is 86.5 Å². The summed E-state index contributed by atoms with van der Waals surface area (Å²) < 4.78 is 10.6. The van der Waals surface area contributed by atoms with Gasteiger partial charge >= 0.3 is 11.9 Å². The lowest BCUT2D eigenvalue weighted by atomic mass is 9.67. The van der Waals surface area contributed by atoms with Crippen molar-refractivity contribution >= 4 is 11.9 Å². The number of rotatable bonds is 8. The van der Waals surface area contributed by atoms with E-state index >= 15 is 0 Å². The van der Waals surface area contributed by atoms with E-state index in [9.17, 15) is 9.59 Å². The highest BCUT2D eigenvalue weighted by atomic mass is 16.5. The first-order valence-corrected chi connectivity index (χ1v) is 18.0. The van der Waals surface area contributed by atoms with Gasteiger partial charge in [-0.2, -0.15) is 0 Å². The first-order chi connectivity index (χ1) is 22.3. The molecule has 0 radical (unpaired) electrons. The molecule has 0 saturated heterocycles. The Labute approximate surface area is 276 Å². The van der Waals surface area contributed by atoms with Gasteiger partial charge in [0.15, 0.2) is 0 Å². The van der Waals surface area contributed by atoms with Gasteiger partial charge in [-0.05, 0) is 179 Å². The second kappa shape index (κ2) is 13.0. The standard InChI is InChI=1S/C42H52O4/c1-9-23-29-17-15-16-18-30(29)24(10-2)32-20-34-26(12-4)36-22-38-28(14-6)40(42(44)46-8)39(41(43)45-7)27(13-5)37(38)21-35(36)25(11-3)33(34)19-31(23)32/h9-22H2,1-8H3. The van der Waals surface area contributed by atoms with Gasteiger partial charge < -0.3 is 9.47 Å². The normalized spacial score (nSPS) is 14.5. The minimum atomic E-state index is -0.449. The molecule has 3 aromatic carbocycles. The number of carbonyl (C=O) groups excluding carboxylic acids is 2. The fourth-order valence-corrected chi connectivity index (χ4v) is 9.92. The summed E-state index contributed by atoms with van der Waals surface area (Å²) in [5.74, 6) is -0.899. The molecule has 0 heterocycles. The monoisotopic (exact) mass is 620 g/mol. The Morgan fingerprint density at radius 1 is 0.413 bits per heavy atom. The highest BCUT2D eigenvalue weighted by Crippen LogP contribution is 2.46. The SMILES string of the molecule is CCc1c2c(c(CC)c3c1Cc1c(CC)c4c(c(CC)c1C3)Cc1c(c(CC)c(C(=O)OC)c(C(=O)OC)c1CC)C4)CCCC2. The number of esters is 2. The van der Waals surface area contributed by atoms with E-state index in [0.29, 0.717) is 24.0 Å². The maximum absolute atomic E-state index is 13.4. The lowest BCUT2D eigenvalue weighted by Crippen LogP contribution is -2.27. The van der Waals surface area contributed by atoms with E-state index < -0.39 is 11.9 Å². The first kappa shape index (κ1) is 32.5. The molecule has 6 rings (SSSR count). The summed E-state index contributed by atoms with van der Waals surface area (Å²) >= 11 is 0. The molecule has 4 heteroatoms. The topological polar surface area (TPSA) is 52.6 Å². The fourth-order valence-electron chi connectivity index (χ4n) is 9.92. The van der Waals surface area contributed by atoms with Gasteiger partial charge in [0.05, 0.1) is 25.3 Å². The van der Waals surface area contributed by atoms with E-state index in [1.54, 1.807) is 44.5 Å². The summed E-state index contributed by atoms with van der Waals surface area (Å²) in [6, 6.07) is 0. The third kappa shape index (κ3) is 4.76. The molecule has 3 aliphatic rings. The van der Waals surface area contributed by atoms with Crippen LogP contribution in [0, 0.1) is 0 Å². The van der Waals surface area contributed by atoms with Gasteiger partial charge in [-0.1, -0.05) is 41.5 Å². The second-order valence-corrected chi connectivity index (χ2v) is 13.4. The number of fused-ring (bicyclic) bond motifs is 5. The largest absolute Gasteiger partial charge is 0.465 e. The Hall–Kier alpha value is -3.40. The molecule has 0 aliphatic heterocycles. The van der Waals surface area contributed by atoms with Crippen molar-refractivity contribution in [1.82, 2.24) is 0 Å². The van der Waals surface area contributed by atoms with E-state index in [-0.39, 0.29) is 0 Å². The average Bonchev–Trinajstić information content (AvgIpc) is 3.09. The number of benzene rings is 3. The molecule has 0 N–H and O–H groups in total. The minimum Gasteiger partial charge on any atom is -0.465 e. The second-order valence-electron chi connectivity index (χ2n) is 13.4. The van der Waals surface area contributed by atoms with Crippen molar-refractivity contribution in [2.45, 2.75) is 131 Å². The summed E-state index contributed by atoms with van der Waals surface area (Å²) in [6.07, 6.45) is 14.3. The van der Waals surface area contributed by atoms with Crippen LogP contribution in [-0.4, -0.2) is 26.2 Å². The molecule has 3 aromatic rings. The molecular formula is C42H52O4. The van der Waals surface area contributed by atoms with E-state index in [1.165, 1.54) is 73.3 Å². The van der Waals surface area contributed by atoms with Gasteiger partial charge in [-0.25, -0.2) is 9.59 Å². The van der Waals surface area contributed by atoms with Crippen LogP contribution in [0.3, 0.4) is 0 Å². The van der Waals surface area contributed by atoms with Crippen LogP contribution >= 0.6 is 0 Å². The summed E-state index contributed by atoms with van der Waals surface area (Å²) in [5, 5.41) is 0. The van der Waals surface area contributed by atoms with Crippen molar-refractivity contribution in [2.24, 2.45) is 0 Å². The van der Waals surface area contributed by atoms with E-state index in [1.807, 2.05) is 0 Å². The summed E-state index contributed by atoms with van der Waals surface area (Å²) in [6.45, 7) is 13.6. The van der Waals surface area contributed by atoms with Crippen molar-refractivity contribution < 1.29 is 19.1 Å². The van der Waals surface area contributed by atoms with Gasteiger partial charge in [0.2, 0.25) is 0 Å². The first-order valence-electron chi connectivity index (χ1n) is 18.0. The van der Waals surface area contributed by atoms with E-state index in [0.717, 1.165) is 62.5 Å².